The highest BCUT2D eigenvalue weighted by Gasteiger charge is 2.31. The summed E-state index contributed by atoms with van der Waals surface area (Å²) in [6.45, 7) is 0. The third-order valence-electron chi connectivity index (χ3n) is 2.51. The Hall–Kier alpha value is -2.09. The summed E-state index contributed by atoms with van der Waals surface area (Å²) in [6.07, 6.45) is -3.01. The second-order valence-corrected chi connectivity index (χ2v) is 4.69. The number of rotatable bonds is 3. The molecule has 0 saturated carbocycles. The average molecular weight is 301 g/mol. The molecule has 1 amide bonds. The SMILES string of the molecule is CNc1ccc(C(F)(F)F)cc1C(=O)Nc1nccs1. The number of nitrogens with one attached hydrogen (secondary N) is 2. The highest BCUT2D eigenvalue weighted by Crippen LogP contribution is 2.32. The van der Waals surface area contributed by atoms with Gasteiger partial charge in [-0.3, -0.25) is 10.1 Å². The summed E-state index contributed by atoms with van der Waals surface area (Å²) in [5.74, 6) is -0.643. The molecule has 2 rings (SSSR count). The molecular weight excluding hydrogens is 291 g/mol. The van der Waals surface area contributed by atoms with Gasteiger partial charge in [0.25, 0.3) is 5.91 Å². The van der Waals surface area contributed by atoms with Crippen molar-refractivity contribution < 1.29 is 18.0 Å². The molecule has 8 heteroatoms. The number of anilines is 2. The van der Waals surface area contributed by atoms with Crippen LogP contribution in [-0.2, 0) is 6.18 Å². The third kappa shape index (κ3) is 3.08. The van der Waals surface area contributed by atoms with Gasteiger partial charge in [0.1, 0.15) is 0 Å². The van der Waals surface area contributed by atoms with Crippen molar-refractivity contribution in [1.29, 1.82) is 0 Å². The number of hydrogen-bond donors (Lipinski definition) is 2. The zero-order valence-corrected chi connectivity index (χ0v) is 11.1. The van der Waals surface area contributed by atoms with Gasteiger partial charge in [0.15, 0.2) is 5.13 Å². The van der Waals surface area contributed by atoms with E-state index in [0.29, 0.717) is 10.8 Å². The van der Waals surface area contributed by atoms with Crippen molar-refractivity contribution in [1.82, 2.24) is 4.98 Å². The molecule has 0 atom stereocenters. The molecule has 0 saturated heterocycles. The van der Waals surface area contributed by atoms with Gasteiger partial charge in [-0.15, -0.1) is 11.3 Å². The molecule has 4 nitrogen and oxygen atoms in total. The largest absolute Gasteiger partial charge is 0.416 e. The first-order valence-corrected chi connectivity index (χ1v) is 6.39. The van der Waals surface area contributed by atoms with E-state index in [1.54, 1.807) is 5.38 Å². The average Bonchev–Trinajstić information content (AvgIpc) is 2.89. The predicted octanol–water partition coefficient (Wildman–Crippen LogP) is 3.46. The lowest BCUT2D eigenvalue weighted by Crippen LogP contribution is -2.16. The lowest BCUT2D eigenvalue weighted by molar-refractivity contribution is -0.137. The highest BCUT2D eigenvalue weighted by atomic mass is 32.1. The van der Waals surface area contributed by atoms with Crippen LogP contribution in [0.25, 0.3) is 0 Å². The number of carbonyl (C=O) groups is 1. The number of benzene rings is 1. The number of hydrogen-bond acceptors (Lipinski definition) is 4. The number of alkyl halides is 3. The number of nitrogens with zero attached hydrogens (tertiary/aromatic N) is 1. The van der Waals surface area contributed by atoms with Gasteiger partial charge in [0, 0.05) is 24.3 Å². The Morgan fingerprint density at radius 3 is 2.65 bits per heavy atom. The topological polar surface area (TPSA) is 54.0 Å². The first-order chi connectivity index (χ1) is 9.41. The molecule has 0 unspecified atom stereocenters. The van der Waals surface area contributed by atoms with Gasteiger partial charge < -0.3 is 5.32 Å². The molecule has 0 radical (unpaired) electrons. The van der Waals surface area contributed by atoms with Gasteiger partial charge in [0.2, 0.25) is 0 Å². The van der Waals surface area contributed by atoms with Gasteiger partial charge >= 0.3 is 6.18 Å². The molecular formula is C12H10F3N3OS. The van der Waals surface area contributed by atoms with Crippen molar-refractivity contribution >= 4 is 28.1 Å². The van der Waals surface area contributed by atoms with Crippen LogP contribution >= 0.6 is 11.3 Å². The molecule has 0 aliphatic carbocycles. The molecule has 1 aromatic carbocycles. The summed E-state index contributed by atoms with van der Waals surface area (Å²) >= 11 is 1.18. The highest BCUT2D eigenvalue weighted by molar-refractivity contribution is 7.13. The molecule has 1 heterocycles. The molecule has 0 fully saturated rings. The Morgan fingerprint density at radius 1 is 1.35 bits per heavy atom. The Labute approximate surface area is 116 Å². The van der Waals surface area contributed by atoms with Gasteiger partial charge in [0.05, 0.1) is 11.1 Å². The fourth-order valence-electron chi connectivity index (χ4n) is 1.58. The number of aromatic nitrogens is 1. The van der Waals surface area contributed by atoms with Crippen molar-refractivity contribution in [2.75, 3.05) is 17.7 Å². The molecule has 20 heavy (non-hydrogen) atoms. The van der Waals surface area contributed by atoms with E-state index in [0.717, 1.165) is 12.1 Å². The molecule has 2 N–H and O–H groups in total. The maximum Gasteiger partial charge on any atom is 0.416 e. The lowest BCUT2D eigenvalue weighted by Gasteiger charge is -2.12. The number of amides is 1. The summed E-state index contributed by atoms with van der Waals surface area (Å²) in [7, 11) is 1.53. The van der Waals surface area contributed by atoms with E-state index in [1.165, 1.54) is 30.6 Å². The predicted molar refractivity (Wildman–Crippen MR) is 71.1 cm³/mol. The Kier molecular flexibility index (Phi) is 3.93. The minimum atomic E-state index is -4.50. The zero-order valence-electron chi connectivity index (χ0n) is 10.3. The van der Waals surface area contributed by atoms with Crippen LogP contribution in [0.2, 0.25) is 0 Å². The van der Waals surface area contributed by atoms with Crippen molar-refractivity contribution in [3.63, 3.8) is 0 Å². The van der Waals surface area contributed by atoms with Crippen LogP contribution < -0.4 is 10.6 Å². The van der Waals surface area contributed by atoms with Gasteiger partial charge in [-0.1, -0.05) is 0 Å². The molecule has 2 aromatic rings. The standard InChI is InChI=1S/C12H10F3N3OS/c1-16-9-3-2-7(12(13,14)15)6-8(9)10(19)18-11-17-4-5-20-11/h2-6,16H,1H3,(H,17,18,19). The summed E-state index contributed by atoms with van der Waals surface area (Å²) in [4.78, 5) is 15.9. The smallest absolute Gasteiger partial charge is 0.387 e. The van der Waals surface area contributed by atoms with Crippen molar-refractivity contribution in [3.8, 4) is 0 Å². The summed E-state index contributed by atoms with van der Waals surface area (Å²) in [6, 6.07) is 2.96. The second-order valence-electron chi connectivity index (χ2n) is 3.80. The Bertz CT molecular complexity index is 611. The van der Waals surface area contributed by atoms with Crippen LogP contribution in [0.3, 0.4) is 0 Å². The lowest BCUT2D eigenvalue weighted by atomic mass is 10.1. The Morgan fingerprint density at radius 2 is 2.10 bits per heavy atom. The van der Waals surface area contributed by atoms with Crippen LogP contribution in [0, 0.1) is 0 Å². The van der Waals surface area contributed by atoms with Gasteiger partial charge in [-0.25, -0.2) is 4.98 Å². The van der Waals surface area contributed by atoms with Crippen molar-refractivity contribution in [2.45, 2.75) is 6.18 Å². The van der Waals surface area contributed by atoms with Crippen LogP contribution in [0.1, 0.15) is 15.9 Å². The fraction of sp³-hybridized carbons (Fsp3) is 0.167. The summed E-state index contributed by atoms with van der Waals surface area (Å²) in [5.41, 5.74) is -0.648. The molecule has 0 aliphatic heterocycles. The fourth-order valence-corrected chi connectivity index (χ4v) is 2.10. The van der Waals surface area contributed by atoms with Crippen LogP contribution in [0.4, 0.5) is 24.0 Å². The first-order valence-electron chi connectivity index (χ1n) is 5.51. The maximum absolute atomic E-state index is 12.7. The quantitative estimate of drug-likeness (QED) is 0.913. The number of carbonyl (C=O) groups excluding carboxylic acids is 1. The number of thiazole rings is 1. The van der Waals surface area contributed by atoms with E-state index in [4.69, 9.17) is 0 Å². The zero-order chi connectivity index (χ0) is 14.8. The molecule has 0 bridgehead atoms. The van der Waals surface area contributed by atoms with E-state index in [1.807, 2.05) is 0 Å². The van der Waals surface area contributed by atoms with Crippen molar-refractivity contribution in [2.24, 2.45) is 0 Å². The monoisotopic (exact) mass is 301 g/mol. The van der Waals surface area contributed by atoms with Gasteiger partial charge in [-0.05, 0) is 18.2 Å². The molecule has 0 aliphatic rings. The molecule has 1 aromatic heterocycles. The van der Waals surface area contributed by atoms with Crippen LogP contribution in [0.5, 0.6) is 0 Å². The van der Waals surface area contributed by atoms with E-state index in [2.05, 4.69) is 15.6 Å². The van der Waals surface area contributed by atoms with Crippen LogP contribution in [-0.4, -0.2) is 17.9 Å². The first kappa shape index (κ1) is 14.3. The second kappa shape index (κ2) is 5.49. The summed E-state index contributed by atoms with van der Waals surface area (Å²) in [5, 5.41) is 7.12. The molecule has 106 valence electrons. The van der Waals surface area contributed by atoms with E-state index in [-0.39, 0.29) is 5.56 Å². The number of halogens is 3. The molecule has 0 spiro atoms. The van der Waals surface area contributed by atoms with E-state index >= 15 is 0 Å². The maximum atomic E-state index is 12.7. The normalized spacial score (nSPS) is 11.2. The third-order valence-corrected chi connectivity index (χ3v) is 3.20. The minimum Gasteiger partial charge on any atom is -0.387 e. The van der Waals surface area contributed by atoms with E-state index in [9.17, 15) is 18.0 Å². The summed E-state index contributed by atoms with van der Waals surface area (Å²) < 4.78 is 38.0. The van der Waals surface area contributed by atoms with Crippen molar-refractivity contribution in [3.05, 3.63) is 40.9 Å². The Balaban J connectivity index is 2.35. The van der Waals surface area contributed by atoms with E-state index < -0.39 is 17.6 Å². The van der Waals surface area contributed by atoms with Gasteiger partial charge in [-0.2, -0.15) is 13.2 Å². The minimum absolute atomic E-state index is 0.0856. The van der Waals surface area contributed by atoms with Crippen LogP contribution in [0.15, 0.2) is 29.8 Å².